The van der Waals surface area contributed by atoms with Gasteiger partial charge in [0.1, 0.15) is 6.10 Å². The smallest absolute Gasteiger partial charge is 0.306 e. The van der Waals surface area contributed by atoms with Gasteiger partial charge in [-0.05, 0) is 38.5 Å². The molecule has 36 heavy (non-hydrogen) atoms. The van der Waals surface area contributed by atoms with Crippen LogP contribution in [0.15, 0.2) is 12.2 Å². The normalized spacial score (nSPS) is 12.4. The van der Waals surface area contributed by atoms with Crippen LogP contribution in [0.5, 0.6) is 0 Å². The van der Waals surface area contributed by atoms with Crippen molar-refractivity contribution in [2.24, 2.45) is 0 Å². The molecule has 0 heterocycles. The van der Waals surface area contributed by atoms with E-state index in [1.165, 1.54) is 122 Å². The molecule has 0 spiro atoms. The summed E-state index contributed by atoms with van der Waals surface area (Å²) >= 11 is 0. The van der Waals surface area contributed by atoms with Crippen LogP contribution in [-0.2, 0) is 14.3 Å². The summed E-state index contributed by atoms with van der Waals surface area (Å²) in [6, 6.07) is 0. The average Bonchev–Trinajstić information content (AvgIpc) is 2.88. The van der Waals surface area contributed by atoms with E-state index in [-0.39, 0.29) is 12.6 Å². The van der Waals surface area contributed by atoms with Crippen LogP contribution in [-0.4, -0.2) is 37.0 Å². The van der Waals surface area contributed by atoms with Gasteiger partial charge in [-0.1, -0.05) is 129 Å². The summed E-state index contributed by atoms with van der Waals surface area (Å²) < 4.78 is 11.0. The van der Waals surface area contributed by atoms with Crippen molar-refractivity contribution in [1.82, 2.24) is 0 Å². The Labute approximate surface area is 225 Å². The number of allylic oxidation sites excluding steroid dienone is 2. The predicted octanol–water partition coefficient (Wildman–Crippen LogP) is 9.48. The number of aliphatic hydroxyl groups excluding tert-OH is 1. The molecule has 0 aromatic carbocycles. The number of hydrogen-bond acceptors (Lipinski definition) is 4. The fraction of sp³-hybridized carbons (Fsp3) is 0.906. The van der Waals surface area contributed by atoms with Crippen LogP contribution in [0.2, 0.25) is 0 Å². The number of hydrogen-bond donors (Lipinski definition) is 1. The lowest BCUT2D eigenvalue weighted by molar-refractivity contribution is -0.154. The third kappa shape index (κ3) is 27.7. The number of unbranched alkanes of at least 4 members (excludes halogenated alkanes) is 19. The molecule has 1 unspecified atom stereocenters. The van der Waals surface area contributed by atoms with Gasteiger partial charge in [-0.25, -0.2) is 0 Å². The monoisotopic (exact) mass is 510 g/mol. The van der Waals surface area contributed by atoms with E-state index < -0.39 is 6.10 Å². The molecule has 0 aliphatic heterocycles. The van der Waals surface area contributed by atoms with Gasteiger partial charge in [0, 0.05) is 13.0 Å². The quantitative estimate of drug-likeness (QED) is 0.0618. The lowest BCUT2D eigenvalue weighted by Gasteiger charge is -2.15. The molecule has 0 fully saturated rings. The first-order chi connectivity index (χ1) is 17.7. The Kier molecular flexibility index (Phi) is 29.6. The van der Waals surface area contributed by atoms with E-state index in [1.807, 2.05) is 0 Å². The first kappa shape index (κ1) is 35.1. The zero-order chi connectivity index (χ0) is 26.4. The third-order valence-electron chi connectivity index (χ3n) is 6.84. The highest BCUT2D eigenvalue weighted by Crippen LogP contribution is 2.12. The Balaban J connectivity index is 3.37. The zero-order valence-corrected chi connectivity index (χ0v) is 24.3. The molecule has 0 amide bonds. The molecular formula is C32H62O4. The van der Waals surface area contributed by atoms with E-state index in [2.05, 4.69) is 26.0 Å². The number of rotatable bonds is 29. The van der Waals surface area contributed by atoms with Crippen LogP contribution in [0.3, 0.4) is 0 Å². The van der Waals surface area contributed by atoms with Crippen molar-refractivity contribution >= 4 is 5.97 Å². The van der Waals surface area contributed by atoms with Gasteiger partial charge >= 0.3 is 5.97 Å². The van der Waals surface area contributed by atoms with Gasteiger partial charge in [-0.15, -0.1) is 0 Å². The molecule has 0 aromatic rings. The second-order valence-corrected chi connectivity index (χ2v) is 10.5. The van der Waals surface area contributed by atoms with Crippen molar-refractivity contribution in [2.75, 3.05) is 19.8 Å². The summed E-state index contributed by atoms with van der Waals surface area (Å²) in [7, 11) is 0. The summed E-state index contributed by atoms with van der Waals surface area (Å²) in [6.45, 7) is 5.28. The molecule has 0 bridgehead atoms. The molecule has 0 rings (SSSR count). The number of carbonyl (C=O) groups is 1. The van der Waals surface area contributed by atoms with Crippen LogP contribution in [0.25, 0.3) is 0 Å². The molecule has 0 radical (unpaired) electrons. The molecule has 0 saturated carbocycles. The third-order valence-corrected chi connectivity index (χ3v) is 6.84. The van der Waals surface area contributed by atoms with Gasteiger partial charge in [0.25, 0.3) is 0 Å². The molecule has 0 aliphatic carbocycles. The van der Waals surface area contributed by atoms with Crippen molar-refractivity contribution in [1.29, 1.82) is 0 Å². The van der Waals surface area contributed by atoms with Gasteiger partial charge in [0.15, 0.2) is 0 Å². The van der Waals surface area contributed by atoms with E-state index >= 15 is 0 Å². The van der Waals surface area contributed by atoms with Gasteiger partial charge in [-0.2, -0.15) is 0 Å². The number of carbonyl (C=O) groups excluding carboxylic acids is 1. The number of aliphatic hydroxyl groups is 1. The lowest BCUT2D eigenvalue weighted by atomic mass is 10.1. The molecule has 1 N–H and O–H groups in total. The number of ether oxygens (including phenoxy) is 2. The lowest BCUT2D eigenvalue weighted by Crippen LogP contribution is -2.27. The van der Waals surface area contributed by atoms with Crippen LogP contribution in [0.4, 0.5) is 0 Å². The van der Waals surface area contributed by atoms with Crippen molar-refractivity contribution in [3.8, 4) is 0 Å². The fourth-order valence-corrected chi connectivity index (χ4v) is 4.44. The first-order valence-corrected chi connectivity index (χ1v) is 15.8. The largest absolute Gasteiger partial charge is 0.457 e. The van der Waals surface area contributed by atoms with Crippen LogP contribution >= 0.6 is 0 Å². The summed E-state index contributed by atoms with van der Waals surface area (Å²) in [5, 5.41) is 9.44. The Morgan fingerprint density at radius 1 is 0.639 bits per heavy atom. The Morgan fingerprint density at radius 2 is 1.08 bits per heavy atom. The molecular weight excluding hydrogens is 448 g/mol. The predicted molar refractivity (Wildman–Crippen MR) is 154 cm³/mol. The molecule has 0 aromatic heterocycles. The highest BCUT2D eigenvalue weighted by atomic mass is 16.6. The summed E-state index contributed by atoms with van der Waals surface area (Å²) in [4.78, 5) is 11.9. The van der Waals surface area contributed by atoms with Gasteiger partial charge in [0.2, 0.25) is 0 Å². The minimum atomic E-state index is -0.525. The minimum Gasteiger partial charge on any atom is -0.457 e. The van der Waals surface area contributed by atoms with Gasteiger partial charge in [-0.3, -0.25) is 4.79 Å². The summed E-state index contributed by atoms with van der Waals surface area (Å²) in [5.74, 6) is -0.211. The van der Waals surface area contributed by atoms with Crippen LogP contribution < -0.4 is 0 Å². The zero-order valence-electron chi connectivity index (χ0n) is 24.3. The fourth-order valence-electron chi connectivity index (χ4n) is 4.44. The van der Waals surface area contributed by atoms with E-state index in [0.717, 1.165) is 19.3 Å². The molecule has 4 heteroatoms. The van der Waals surface area contributed by atoms with E-state index in [9.17, 15) is 9.90 Å². The van der Waals surface area contributed by atoms with Crippen LogP contribution in [0, 0.1) is 0 Å². The molecule has 0 aliphatic rings. The Morgan fingerprint density at radius 3 is 1.58 bits per heavy atom. The molecule has 4 nitrogen and oxygen atoms in total. The molecule has 1 atom stereocenters. The van der Waals surface area contributed by atoms with Crippen molar-refractivity contribution in [3.05, 3.63) is 12.2 Å². The topological polar surface area (TPSA) is 55.8 Å². The highest BCUT2D eigenvalue weighted by molar-refractivity contribution is 5.69. The maximum Gasteiger partial charge on any atom is 0.306 e. The maximum absolute atomic E-state index is 11.9. The van der Waals surface area contributed by atoms with Gasteiger partial charge in [0.05, 0.1) is 13.2 Å². The van der Waals surface area contributed by atoms with E-state index in [0.29, 0.717) is 19.6 Å². The SMILES string of the molecule is CCCCCCCC/C=C\CCCCCCCCCCOCC(CO)OC(=O)CCCCCCCC. The average molecular weight is 511 g/mol. The standard InChI is InChI=1S/C32H62O4/c1-3-5-7-9-11-12-13-14-15-16-17-18-19-20-21-22-24-26-28-35-30-31(29-33)36-32(34)27-25-23-10-8-6-4-2/h14-15,31,33H,3-13,16-30H2,1-2H3/b15-14-. The minimum absolute atomic E-state index is 0.169. The van der Waals surface area contributed by atoms with Gasteiger partial charge < -0.3 is 14.6 Å². The summed E-state index contributed by atoms with van der Waals surface area (Å²) in [6.07, 6.45) is 32.6. The van der Waals surface area contributed by atoms with Crippen molar-refractivity contribution in [2.45, 2.75) is 168 Å². The van der Waals surface area contributed by atoms with Crippen molar-refractivity contribution < 1.29 is 19.4 Å². The first-order valence-electron chi connectivity index (χ1n) is 15.8. The highest BCUT2D eigenvalue weighted by Gasteiger charge is 2.13. The summed E-state index contributed by atoms with van der Waals surface area (Å²) in [5.41, 5.74) is 0. The van der Waals surface area contributed by atoms with E-state index in [1.54, 1.807) is 0 Å². The van der Waals surface area contributed by atoms with Crippen LogP contribution in [0.1, 0.15) is 162 Å². The number of esters is 1. The Bertz CT molecular complexity index is 463. The Hall–Kier alpha value is -0.870. The second kappa shape index (κ2) is 30.4. The maximum atomic E-state index is 11.9. The molecule has 214 valence electrons. The molecule has 0 saturated heterocycles. The second-order valence-electron chi connectivity index (χ2n) is 10.5. The van der Waals surface area contributed by atoms with E-state index in [4.69, 9.17) is 9.47 Å². The van der Waals surface area contributed by atoms with Crippen molar-refractivity contribution in [3.63, 3.8) is 0 Å².